The first-order chi connectivity index (χ1) is 11.3. The Bertz CT molecular complexity index is 568. The lowest BCUT2D eigenvalue weighted by Gasteiger charge is -2.31. The van der Waals surface area contributed by atoms with Crippen molar-refractivity contribution in [1.82, 2.24) is 15.2 Å². The number of aliphatic hydroxyl groups excluding tert-OH is 1. The lowest BCUT2D eigenvalue weighted by molar-refractivity contribution is -0.128. The van der Waals surface area contributed by atoms with E-state index in [-0.39, 0.29) is 30.8 Å². The second kappa shape index (κ2) is 8.55. The molecule has 2 amide bonds. The van der Waals surface area contributed by atoms with Crippen molar-refractivity contribution in [1.29, 1.82) is 0 Å². The number of piperidine rings is 1. The first-order valence-electron chi connectivity index (χ1n) is 8.27. The van der Waals surface area contributed by atoms with Gasteiger partial charge in [0.2, 0.25) is 11.8 Å². The van der Waals surface area contributed by atoms with E-state index >= 15 is 0 Å². The fourth-order valence-electron chi connectivity index (χ4n) is 2.69. The maximum atomic E-state index is 12.2. The summed E-state index contributed by atoms with van der Waals surface area (Å²) in [5.41, 5.74) is 0.933. The van der Waals surface area contributed by atoms with E-state index in [9.17, 15) is 14.7 Å². The van der Waals surface area contributed by atoms with Gasteiger partial charge in [-0.15, -0.1) is 11.3 Å². The summed E-state index contributed by atoms with van der Waals surface area (Å²) in [6.45, 7) is 7.43. The van der Waals surface area contributed by atoms with Crippen molar-refractivity contribution >= 4 is 28.3 Å². The number of nitrogens with zero attached hydrogens (tertiary/aromatic N) is 2. The molecule has 134 valence electrons. The summed E-state index contributed by atoms with van der Waals surface area (Å²) >= 11 is 1.47. The van der Waals surface area contributed by atoms with Crippen molar-refractivity contribution in [2.45, 2.75) is 39.7 Å². The number of likely N-dealkylation sites (tertiary alicyclic amines) is 1. The molecule has 1 fully saturated rings. The maximum absolute atomic E-state index is 12.2. The number of rotatable bonds is 6. The molecule has 2 atom stereocenters. The highest BCUT2D eigenvalue weighted by atomic mass is 32.1. The third-order valence-corrected chi connectivity index (χ3v) is 5.08. The monoisotopic (exact) mass is 354 g/mol. The largest absolute Gasteiger partial charge is 0.392 e. The molecule has 2 heterocycles. The van der Waals surface area contributed by atoms with Gasteiger partial charge in [0.25, 0.3) is 0 Å². The molecule has 1 aromatic heterocycles. The fourth-order valence-corrected chi connectivity index (χ4v) is 3.52. The van der Waals surface area contributed by atoms with Crippen LogP contribution in [0.15, 0.2) is 0 Å². The molecule has 1 aliphatic heterocycles. The van der Waals surface area contributed by atoms with Gasteiger partial charge in [-0.1, -0.05) is 0 Å². The number of nitrogens with one attached hydrogen (secondary N) is 2. The van der Waals surface area contributed by atoms with Gasteiger partial charge in [0.15, 0.2) is 5.13 Å². The lowest BCUT2D eigenvalue weighted by atomic mass is 9.97. The van der Waals surface area contributed by atoms with Crippen LogP contribution in [0.2, 0.25) is 0 Å². The Balaban J connectivity index is 1.81. The molecular weight excluding hydrogens is 328 g/mol. The van der Waals surface area contributed by atoms with E-state index in [1.807, 2.05) is 18.7 Å². The normalized spacial score (nSPS) is 19.8. The molecule has 0 bridgehead atoms. The Morgan fingerprint density at radius 1 is 1.46 bits per heavy atom. The fraction of sp³-hybridized carbons (Fsp3) is 0.688. The van der Waals surface area contributed by atoms with E-state index in [0.717, 1.165) is 30.0 Å². The van der Waals surface area contributed by atoms with Crippen LogP contribution < -0.4 is 10.6 Å². The summed E-state index contributed by atoms with van der Waals surface area (Å²) in [4.78, 5) is 31.7. The van der Waals surface area contributed by atoms with Crippen LogP contribution in [0, 0.1) is 19.8 Å². The van der Waals surface area contributed by atoms with Crippen LogP contribution in [0.3, 0.4) is 0 Å². The van der Waals surface area contributed by atoms with Crippen LogP contribution in [-0.2, 0) is 9.59 Å². The first-order valence-corrected chi connectivity index (χ1v) is 9.08. The van der Waals surface area contributed by atoms with Gasteiger partial charge in [0.1, 0.15) is 0 Å². The molecule has 0 radical (unpaired) electrons. The number of hydrogen-bond donors (Lipinski definition) is 3. The highest BCUT2D eigenvalue weighted by Gasteiger charge is 2.27. The number of carbonyl (C=O) groups excluding carboxylic acids is 2. The summed E-state index contributed by atoms with van der Waals surface area (Å²) in [6, 6.07) is 0. The predicted octanol–water partition coefficient (Wildman–Crippen LogP) is 0.907. The smallest absolute Gasteiger partial charge is 0.240 e. The minimum absolute atomic E-state index is 0.0489. The second-order valence-corrected chi connectivity index (χ2v) is 7.58. The molecule has 7 nitrogen and oxygen atoms in total. The molecule has 2 rings (SSSR count). The van der Waals surface area contributed by atoms with E-state index in [0.29, 0.717) is 11.7 Å². The number of thiazole rings is 1. The van der Waals surface area contributed by atoms with Crippen LogP contribution in [0.25, 0.3) is 0 Å². The third-order valence-electron chi connectivity index (χ3n) is 4.09. The minimum atomic E-state index is -0.551. The predicted molar refractivity (Wildman–Crippen MR) is 94.1 cm³/mol. The molecule has 8 heteroatoms. The zero-order valence-electron chi connectivity index (χ0n) is 14.5. The highest BCUT2D eigenvalue weighted by molar-refractivity contribution is 7.15. The summed E-state index contributed by atoms with van der Waals surface area (Å²) in [6.07, 6.45) is 1.15. The number of anilines is 1. The summed E-state index contributed by atoms with van der Waals surface area (Å²) < 4.78 is 0. The summed E-state index contributed by atoms with van der Waals surface area (Å²) in [7, 11) is 0. The van der Waals surface area contributed by atoms with Crippen LogP contribution in [0.5, 0.6) is 0 Å². The number of aromatic nitrogens is 1. The Kier molecular flexibility index (Phi) is 6.70. The molecule has 2 unspecified atom stereocenters. The van der Waals surface area contributed by atoms with E-state index in [1.165, 1.54) is 11.3 Å². The van der Waals surface area contributed by atoms with E-state index in [2.05, 4.69) is 15.6 Å². The van der Waals surface area contributed by atoms with Crippen molar-refractivity contribution < 1.29 is 14.7 Å². The van der Waals surface area contributed by atoms with Gasteiger partial charge in [-0.3, -0.25) is 14.5 Å². The topological polar surface area (TPSA) is 94.6 Å². The van der Waals surface area contributed by atoms with Gasteiger partial charge < -0.3 is 15.7 Å². The third kappa shape index (κ3) is 5.54. The van der Waals surface area contributed by atoms with Gasteiger partial charge in [-0.2, -0.15) is 0 Å². The molecule has 1 aromatic rings. The van der Waals surface area contributed by atoms with Gasteiger partial charge in [0, 0.05) is 18.0 Å². The standard InChI is InChI=1S/C16H26N4O3S/c1-10(21)7-17-15(23)13-5-4-6-20(8-13)9-14(22)19-16-18-11(2)12(3)24-16/h10,13,21H,4-9H2,1-3H3,(H,17,23)(H,18,19,22). The Hall–Kier alpha value is -1.51. The van der Waals surface area contributed by atoms with Crippen LogP contribution in [0.4, 0.5) is 5.13 Å². The highest BCUT2D eigenvalue weighted by Crippen LogP contribution is 2.21. The molecule has 0 saturated carbocycles. The van der Waals surface area contributed by atoms with E-state index in [4.69, 9.17) is 0 Å². The zero-order valence-corrected chi connectivity index (χ0v) is 15.3. The van der Waals surface area contributed by atoms with Crippen molar-refractivity contribution in [3.05, 3.63) is 10.6 Å². The second-order valence-electron chi connectivity index (χ2n) is 6.38. The molecule has 1 saturated heterocycles. The zero-order chi connectivity index (χ0) is 17.7. The molecule has 3 N–H and O–H groups in total. The lowest BCUT2D eigenvalue weighted by Crippen LogP contribution is -2.46. The van der Waals surface area contributed by atoms with E-state index < -0.39 is 6.10 Å². The minimum Gasteiger partial charge on any atom is -0.392 e. The number of hydrogen-bond acceptors (Lipinski definition) is 6. The Morgan fingerprint density at radius 3 is 2.83 bits per heavy atom. The van der Waals surface area contributed by atoms with Gasteiger partial charge in [-0.25, -0.2) is 4.98 Å². The van der Waals surface area contributed by atoms with Crippen LogP contribution in [0.1, 0.15) is 30.3 Å². The number of carbonyl (C=O) groups is 2. The molecular formula is C16H26N4O3S. The van der Waals surface area contributed by atoms with Gasteiger partial charge >= 0.3 is 0 Å². The molecule has 0 aliphatic carbocycles. The van der Waals surface area contributed by atoms with Crippen LogP contribution in [-0.4, -0.2) is 59.1 Å². The molecule has 0 aromatic carbocycles. The van der Waals surface area contributed by atoms with E-state index in [1.54, 1.807) is 6.92 Å². The average Bonchev–Trinajstić information content (AvgIpc) is 2.82. The quantitative estimate of drug-likeness (QED) is 0.706. The summed E-state index contributed by atoms with van der Waals surface area (Å²) in [5, 5.41) is 15.5. The van der Waals surface area contributed by atoms with Crippen molar-refractivity contribution in [2.75, 3.05) is 31.5 Å². The average molecular weight is 354 g/mol. The van der Waals surface area contributed by atoms with Gasteiger partial charge in [0.05, 0.1) is 24.3 Å². The molecule has 0 spiro atoms. The Morgan fingerprint density at radius 2 is 2.21 bits per heavy atom. The Labute approximate surface area is 146 Å². The van der Waals surface area contributed by atoms with Crippen molar-refractivity contribution in [3.8, 4) is 0 Å². The SMILES string of the molecule is Cc1nc(NC(=O)CN2CCCC(C(=O)NCC(C)O)C2)sc1C. The molecule has 24 heavy (non-hydrogen) atoms. The first kappa shape index (κ1) is 18.8. The maximum Gasteiger partial charge on any atom is 0.240 e. The summed E-state index contributed by atoms with van der Waals surface area (Å²) in [5.74, 6) is -0.282. The number of aryl methyl sites for hydroxylation is 2. The van der Waals surface area contributed by atoms with Gasteiger partial charge in [-0.05, 0) is 40.2 Å². The number of aliphatic hydroxyl groups is 1. The van der Waals surface area contributed by atoms with Crippen molar-refractivity contribution in [3.63, 3.8) is 0 Å². The van der Waals surface area contributed by atoms with Crippen LogP contribution >= 0.6 is 11.3 Å². The number of amides is 2. The molecule has 1 aliphatic rings. The van der Waals surface area contributed by atoms with Crippen molar-refractivity contribution in [2.24, 2.45) is 5.92 Å².